The summed E-state index contributed by atoms with van der Waals surface area (Å²) < 4.78 is 0. The van der Waals surface area contributed by atoms with Crippen molar-refractivity contribution >= 4 is 34.7 Å². The van der Waals surface area contributed by atoms with Gasteiger partial charge in [0, 0.05) is 24.3 Å². The lowest BCUT2D eigenvalue weighted by Crippen LogP contribution is -2.44. The zero-order valence-electron chi connectivity index (χ0n) is 16.3. The molecule has 0 heterocycles. The zero-order valence-corrected chi connectivity index (χ0v) is 16.3. The fourth-order valence-corrected chi connectivity index (χ4v) is 2.28. The van der Waals surface area contributed by atoms with Crippen LogP contribution in [-0.2, 0) is 0 Å². The first-order valence-electron chi connectivity index (χ1n) is 8.99. The van der Waals surface area contributed by atoms with Gasteiger partial charge in [-0.25, -0.2) is 0 Å². The van der Waals surface area contributed by atoms with Gasteiger partial charge in [0.15, 0.2) is 0 Å². The molecule has 2 aromatic carbocycles. The summed E-state index contributed by atoms with van der Waals surface area (Å²) in [7, 11) is 0. The molecule has 0 radical (unpaired) electrons. The lowest BCUT2D eigenvalue weighted by molar-refractivity contribution is -0.385. The number of hydrazone groups is 2. The van der Waals surface area contributed by atoms with Crippen LogP contribution in [0.1, 0.15) is 0 Å². The van der Waals surface area contributed by atoms with E-state index in [1.807, 2.05) is 0 Å². The first kappa shape index (κ1) is 24.3. The number of hydrogen-bond donors (Lipinski definition) is 6. The predicted molar refractivity (Wildman–Crippen MR) is 114 cm³/mol. The van der Waals surface area contributed by atoms with Crippen LogP contribution in [0.15, 0.2) is 58.7 Å². The average Bonchev–Trinajstić information content (AvgIpc) is 2.80. The summed E-state index contributed by atoms with van der Waals surface area (Å²) in [6.07, 6.45) is -4.23. The van der Waals surface area contributed by atoms with Crippen LogP contribution in [0.4, 0.5) is 22.7 Å². The summed E-state index contributed by atoms with van der Waals surface area (Å²) in [5, 5.41) is 67.9. The van der Waals surface area contributed by atoms with Crippen molar-refractivity contribution in [2.24, 2.45) is 10.2 Å². The molecule has 0 aliphatic carbocycles. The second kappa shape index (κ2) is 11.4. The number of non-ortho nitro benzene ring substituents is 2. The molecular weight excluding hydrogens is 428 g/mol. The highest BCUT2D eigenvalue weighted by atomic mass is 16.6. The van der Waals surface area contributed by atoms with E-state index in [1.54, 1.807) is 0 Å². The van der Waals surface area contributed by atoms with E-state index in [2.05, 4.69) is 21.1 Å². The Morgan fingerprint density at radius 1 is 0.906 bits per heavy atom. The Bertz CT molecular complexity index is 980. The third-order valence-electron chi connectivity index (χ3n) is 4.07. The van der Waals surface area contributed by atoms with E-state index in [-0.39, 0.29) is 17.1 Å². The molecule has 0 fully saturated rings. The van der Waals surface area contributed by atoms with Gasteiger partial charge in [-0.15, -0.1) is 0 Å². The van der Waals surface area contributed by atoms with E-state index in [1.165, 1.54) is 48.5 Å². The number of aliphatic hydroxyl groups excluding tert-OH is 4. The van der Waals surface area contributed by atoms with Crippen molar-refractivity contribution in [3.8, 4) is 0 Å². The van der Waals surface area contributed by atoms with Crippen LogP contribution in [0, 0.1) is 20.2 Å². The summed E-state index contributed by atoms with van der Waals surface area (Å²) in [5.74, 6) is 0. The van der Waals surface area contributed by atoms with E-state index < -0.39 is 34.8 Å². The van der Waals surface area contributed by atoms with Gasteiger partial charge in [-0.3, -0.25) is 31.1 Å². The van der Waals surface area contributed by atoms with Crippen molar-refractivity contribution in [2.75, 3.05) is 17.5 Å². The molecule has 170 valence electrons. The molecule has 14 nitrogen and oxygen atoms in total. The lowest BCUT2D eigenvalue weighted by Gasteiger charge is -2.21. The lowest BCUT2D eigenvalue weighted by atomic mass is 10.0. The average molecular weight is 448 g/mol. The molecule has 6 N–H and O–H groups in total. The summed E-state index contributed by atoms with van der Waals surface area (Å²) in [6, 6.07) is 10.4. The summed E-state index contributed by atoms with van der Waals surface area (Å²) in [4.78, 5) is 20.3. The Hall–Kier alpha value is -3.98. The van der Waals surface area contributed by atoms with Crippen molar-refractivity contribution in [1.82, 2.24) is 0 Å². The number of nitrogens with one attached hydrogen (secondary N) is 2. The quantitative estimate of drug-likeness (QED) is 0.158. The first-order chi connectivity index (χ1) is 15.2. The minimum Gasteiger partial charge on any atom is -0.394 e. The standard InChI is InChI=1S/C18H20N6O8/c25-10-16(26)18(28)17(27)15(22-21-12-3-7-14(8-4-12)24(31)32)9-19-20-11-1-5-13(6-2-11)23(29)30/h1-9,16-18,20-21,25-28H,10H2/t16-,17-,18-/m1/s1. The molecule has 0 aliphatic heterocycles. The molecule has 0 aromatic heterocycles. The van der Waals surface area contributed by atoms with Crippen molar-refractivity contribution in [3.05, 3.63) is 68.8 Å². The molecule has 0 aliphatic rings. The summed E-state index contributed by atoms with van der Waals surface area (Å²) >= 11 is 0. The molecule has 2 rings (SSSR count). The van der Waals surface area contributed by atoms with Crippen LogP contribution in [0.3, 0.4) is 0 Å². The van der Waals surface area contributed by atoms with Crippen molar-refractivity contribution < 1.29 is 30.3 Å². The van der Waals surface area contributed by atoms with Gasteiger partial charge in [0.2, 0.25) is 0 Å². The Balaban J connectivity index is 2.18. The topological polar surface area (TPSA) is 216 Å². The van der Waals surface area contributed by atoms with Gasteiger partial charge in [-0.1, -0.05) is 0 Å². The van der Waals surface area contributed by atoms with Crippen LogP contribution in [-0.4, -0.2) is 67.1 Å². The van der Waals surface area contributed by atoms with Gasteiger partial charge >= 0.3 is 0 Å². The number of rotatable bonds is 11. The minimum atomic E-state index is -1.80. The van der Waals surface area contributed by atoms with Crippen molar-refractivity contribution in [1.29, 1.82) is 0 Å². The number of hydrogen-bond acceptors (Lipinski definition) is 12. The van der Waals surface area contributed by atoms with Gasteiger partial charge in [-0.05, 0) is 24.3 Å². The largest absolute Gasteiger partial charge is 0.394 e. The normalized spacial score (nSPS) is 14.6. The molecule has 0 spiro atoms. The number of nitro groups is 2. The first-order valence-corrected chi connectivity index (χ1v) is 8.99. The molecule has 32 heavy (non-hydrogen) atoms. The second-order valence-corrected chi connectivity index (χ2v) is 6.31. The maximum Gasteiger partial charge on any atom is 0.269 e. The number of nitro benzene ring substituents is 2. The SMILES string of the molecule is O=[N+]([O-])c1ccc(NN=CC(=NNc2ccc([N+](=O)[O-])cc2)[C@@H](O)[C@H](O)[C@H](O)CO)cc1. The Morgan fingerprint density at radius 2 is 1.38 bits per heavy atom. The number of anilines is 2. The third kappa shape index (κ3) is 6.78. The molecule has 0 amide bonds. The smallest absolute Gasteiger partial charge is 0.269 e. The van der Waals surface area contributed by atoms with Crippen molar-refractivity contribution in [2.45, 2.75) is 18.3 Å². The van der Waals surface area contributed by atoms with Crippen LogP contribution in [0.2, 0.25) is 0 Å². The molecule has 0 unspecified atom stereocenters. The zero-order chi connectivity index (χ0) is 23.7. The van der Waals surface area contributed by atoms with Gasteiger partial charge in [-0.2, -0.15) is 10.2 Å². The maximum absolute atomic E-state index is 10.7. The molecule has 0 saturated carbocycles. The highest BCUT2D eigenvalue weighted by molar-refractivity contribution is 6.33. The van der Waals surface area contributed by atoms with E-state index >= 15 is 0 Å². The Kier molecular flexibility index (Phi) is 8.67. The van der Waals surface area contributed by atoms with Crippen LogP contribution >= 0.6 is 0 Å². The number of aliphatic hydroxyl groups is 4. The number of nitrogens with zero attached hydrogens (tertiary/aromatic N) is 4. The molecular formula is C18H20N6O8. The van der Waals surface area contributed by atoms with Gasteiger partial charge in [0.1, 0.15) is 24.0 Å². The van der Waals surface area contributed by atoms with Gasteiger partial charge < -0.3 is 20.4 Å². The highest BCUT2D eigenvalue weighted by Crippen LogP contribution is 2.16. The molecule has 14 heteroatoms. The second-order valence-electron chi connectivity index (χ2n) is 6.31. The molecule has 2 aromatic rings. The molecule has 0 bridgehead atoms. The summed E-state index contributed by atoms with van der Waals surface area (Å²) in [5.41, 5.74) is 5.24. The van der Waals surface area contributed by atoms with Crippen LogP contribution in [0.25, 0.3) is 0 Å². The fraction of sp³-hybridized carbons (Fsp3) is 0.222. The summed E-state index contributed by atoms with van der Waals surface area (Å²) in [6.45, 7) is -0.820. The Labute approximate surface area is 180 Å². The maximum atomic E-state index is 10.7. The van der Waals surface area contributed by atoms with Crippen LogP contribution < -0.4 is 10.9 Å². The monoisotopic (exact) mass is 448 g/mol. The Morgan fingerprint density at radius 3 is 1.81 bits per heavy atom. The molecule has 0 saturated heterocycles. The predicted octanol–water partition coefficient (Wildman–Crippen LogP) is 0.444. The van der Waals surface area contributed by atoms with Gasteiger partial charge in [0.05, 0.1) is 34.0 Å². The molecule has 3 atom stereocenters. The van der Waals surface area contributed by atoms with E-state index in [0.29, 0.717) is 11.4 Å². The third-order valence-corrected chi connectivity index (χ3v) is 4.07. The van der Waals surface area contributed by atoms with Gasteiger partial charge in [0.25, 0.3) is 11.4 Å². The van der Waals surface area contributed by atoms with E-state index in [9.17, 15) is 35.5 Å². The minimum absolute atomic E-state index is 0.120. The highest BCUT2D eigenvalue weighted by Gasteiger charge is 2.28. The van der Waals surface area contributed by atoms with Crippen LogP contribution in [0.5, 0.6) is 0 Å². The van der Waals surface area contributed by atoms with E-state index in [0.717, 1.165) is 6.21 Å². The van der Waals surface area contributed by atoms with Crippen molar-refractivity contribution in [3.63, 3.8) is 0 Å². The number of benzene rings is 2. The fourth-order valence-electron chi connectivity index (χ4n) is 2.28. The van der Waals surface area contributed by atoms with E-state index in [4.69, 9.17) is 5.11 Å².